The van der Waals surface area contributed by atoms with E-state index in [4.69, 9.17) is 4.52 Å². The summed E-state index contributed by atoms with van der Waals surface area (Å²) in [6, 6.07) is 5.55. The molecular weight excluding hydrogens is 372 g/mol. The van der Waals surface area contributed by atoms with Crippen LogP contribution in [0.5, 0.6) is 0 Å². The predicted molar refractivity (Wildman–Crippen MR) is 105 cm³/mol. The maximum absolute atomic E-state index is 12.7. The summed E-state index contributed by atoms with van der Waals surface area (Å²) in [6.45, 7) is 7.32. The van der Waals surface area contributed by atoms with Gasteiger partial charge in [-0.15, -0.1) is 5.10 Å². The number of carbonyl (C=O) groups excluding carboxylic acids is 1. The Morgan fingerprint density at radius 3 is 2.72 bits per heavy atom. The van der Waals surface area contributed by atoms with Crippen molar-refractivity contribution in [2.24, 2.45) is 0 Å². The van der Waals surface area contributed by atoms with Crippen molar-refractivity contribution in [3.05, 3.63) is 41.8 Å². The molecule has 1 aliphatic heterocycles. The molecule has 4 rings (SSSR count). The van der Waals surface area contributed by atoms with Crippen LogP contribution in [0.3, 0.4) is 0 Å². The second kappa shape index (κ2) is 7.98. The fourth-order valence-corrected chi connectivity index (χ4v) is 3.40. The highest BCUT2D eigenvalue weighted by Crippen LogP contribution is 2.27. The first kappa shape index (κ1) is 19.0. The molecule has 1 N–H and O–H groups in total. The number of hydrogen-bond donors (Lipinski definition) is 1. The maximum atomic E-state index is 12.7. The zero-order chi connectivity index (χ0) is 20.4. The molecule has 152 valence electrons. The third-order valence-corrected chi connectivity index (χ3v) is 5.15. The van der Waals surface area contributed by atoms with Gasteiger partial charge in [0.05, 0.1) is 5.69 Å². The number of rotatable bonds is 4. The van der Waals surface area contributed by atoms with Gasteiger partial charge in [-0.25, -0.2) is 9.48 Å². The first-order valence-electron chi connectivity index (χ1n) is 9.74. The molecule has 0 spiro atoms. The number of aromatic nitrogens is 6. The van der Waals surface area contributed by atoms with Gasteiger partial charge >= 0.3 is 6.03 Å². The van der Waals surface area contributed by atoms with Crippen molar-refractivity contribution in [3.63, 3.8) is 0 Å². The molecule has 0 atom stereocenters. The quantitative estimate of drug-likeness (QED) is 0.721. The number of amides is 2. The van der Waals surface area contributed by atoms with E-state index >= 15 is 0 Å². The molecule has 2 amide bonds. The van der Waals surface area contributed by atoms with Crippen LogP contribution >= 0.6 is 0 Å². The molecule has 3 heterocycles. The van der Waals surface area contributed by atoms with Crippen molar-refractivity contribution < 1.29 is 9.32 Å². The Kier molecular flexibility index (Phi) is 5.24. The Morgan fingerprint density at radius 2 is 2.07 bits per heavy atom. The minimum atomic E-state index is -0.119. The van der Waals surface area contributed by atoms with Crippen LogP contribution in [0.15, 0.2) is 29.0 Å². The number of aryl methyl sites for hydroxylation is 1. The fourth-order valence-electron chi connectivity index (χ4n) is 3.40. The van der Waals surface area contributed by atoms with E-state index in [1.165, 1.54) is 6.33 Å². The van der Waals surface area contributed by atoms with Crippen LogP contribution in [-0.4, -0.2) is 54.4 Å². The molecule has 0 saturated carbocycles. The SMILES string of the molecule is Cc1ccc(NC(=O)N2CCC(c3noc(C(C)C)n3)CC2)cc1-n1cnnn1. The lowest BCUT2D eigenvalue weighted by molar-refractivity contribution is 0.193. The number of nitrogens with one attached hydrogen (secondary N) is 1. The van der Waals surface area contributed by atoms with Gasteiger partial charge in [-0.3, -0.25) is 0 Å². The van der Waals surface area contributed by atoms with Crippen molar-refractivity contribution in [2.75, 3.05) is 18.4 Å². The van der Waals surface area contributed by atoms with Crippen LogP contribution in [-0.2, 0) is 0 Å². The highest BCUT2D eigenvalue weighted by Gasteiger charge is 2.27. The van der Waals surface area contributed by atoms with Crippen LogP contribution in [0.25, 0.3) is 5.69 Å². The molecule has 0 unspecified atom stereocenters. The summed E-state index contributed by atoms with van der Waals surface area (Å²) in [5.41, 5.74) is 2.54. The van der Waals surface area contributed by atoms with Crippen molar-refractivity contribution in [1.82, 2.24) is 35.2 Å². The molecule has 0 aliphatic carbocycles. The standard InChI is InChI=1S/C19H24N8O2/c1-12(2)18-22-17(23-29-18)14-6-8-26(9-7-14)19(28)21-15-5-4-13(3)16(10-15)27-11-20-24-25-27/h4-5,10-12,14H,6-9H2,1-3H3,(H,21,28). The van der Waals surface area contributed by atoms with Crippen LogP contribution < -0.4 is 5.32 Å². The molecule has 10 nitrogen and oxygen atoms in total. The summed E-state index contributed by atoms with van der Waals surface area (Å²) in [5.74, 6) is 1.85. The Balaban J connectivity index is 1.37. The maximum Gasteiger partial charge on any atom is 0.321 e. The molecule has 3 aromatic rings. The molecule has 2 aromatic heterocycles. The van der Waals surface area contributed by atoms with E-state index in [0.717, 1.165) is 29.9 Å². The minimum absolute atomic E-state index is 0.119. The molecule has 1 fully saturated rings. The normalized spacial score (nSPS) is 15.1. The zero-order valence-corrected chi connectivity index (χ0v) is 16.7. The Labute approximate surface area is 168 Å². The number of urea groups is 1. The molecule has 0 radical (unpaired) electrons. The van der Waals surface area contributed by atoms with Crippen LogP contribution in [0.1, 0.15) is 55.8 Å². The lowest BCUT2D eigenvalue weighted by atomic mass is 9.96. The number of nitrogens with zero attached hydrogens (tertiary/aromatic N) is 7. The Bertz CT molecular complexity index is 974. The zero-order valence-electron chi connectivity index (χ0n) is 16.7. The van der Waals surface area contributed by atoms with Gasteiger partial charge in [0, 0.05) is 30.6 Å². The van der Waals surface area contributed by atoms with Crippen LogP contribution in [0.2, 0.25) is 0 Å². The summed E-state index contributed by atoms with van der Waals surface area (Å²) >= 11 is 0. The lowest BCUT2D eigenvalue weighted by Gasteiger charge is -2.30. The molecule has 1 aliphatic rings. The second-order valence-electron chi connectivity index (χ2n) is 7.59. The molecule has 29 heavy (non-hydrogen) atoms. The van der Waals surface area contributed by atoms with E-state index in [1.807, 2.05) is 43.9 Å². The average molecular weight is 396 g/mol. The van der Waals surface area contributed by atoms with Crippen molar-refractivity contribution >= 4 is 11.7 Å². The molecule has 1 saturated heterocycles. The summed E-state index contributed by atoms with van der Waals surface area (Å²) in [4.78, 5) is 19.0. The van der Waals surface area contributed by atoms with E-state index < -0.39 is 0 Å². The first-order valence-corrected chi connectivity index (χ1v) is 9.74. The summed E-state index contributed by atoms with van der Waals surface area (Å²) in [5, 5.41) is 18.3. The molecular formula is C19H24N8O2. The number of anilines is 1. The van der Waals surface area contributed by atoms with E-state index in [-0.39, 0.29) is 17.9 Å². The Morgan fingerprint density at radius 1 is 1.28 bits per heavy atom. The van der Waals surface area contributed by atoms with Gasteiger partial charge in [-0.05, 0) is 47.9 Å². The average Bonchev–Trinajstić information content (AvgIpc) is 3.42. The first-order chi connectivity index (χ1) is 14.0. The van der Waals surface area contributed by atoms with Gasteiger partial charge in [-0.1, -0.05) is 25.1 Å². The van der Waals surface area contributed by atoms with Crippen molar-refractivity contribution in [1.29, 1.82) is 0 Å². The third kappa shape index (κ3) is 4.10. The van der Waals surface area contributed by atoms with Gasteiger partial charge in [-0.2, -0.15) is 4.98 Å². The van der Waals surface area contributed by atoms with Gasteiger partial charge in [0.2, 0.25) is 5.89 Å². The Hall–Kier alpha value is -3.30. The number of tetrazole rings is 1. The van der Waals surface area contributed by atoms with Gasteiger partial charge in [0.25, 0.3) is 0 Å². The number of hydrogen-bond acceptors (Lipinski definition) is 7. The smallest absolute Gasteiger partial charge is 0.321 e. The monoisotopic (exact) mass is 396 g/mol. The summed E-state index contributed by atoms with van der Waals surface area (Å²) < 4.78 is 6.89. The predicted octanol–water partition coefficient (Wildman–Crippen LogP) is 2.89. The number of likely N-dealkylation sites (tertiary alicyclic amines) is 1. The highest BCUT2D eigenvalue weighted by molar-refractivity contribution is 5.89. The number of carbonyl (C=O) groups is 1. The molecule has 10 heteroatoms. The number of piperidine rings is 1. The van der Waals surface area contributed by atoms with Crippen molar-refractivity contribution in [2.45, 2.75) is 45.4 Å². The van der Waals surface area contributed by atoms with Gasteiger partial charge in [0.1, 0.15) is 6.33 Å². The summed E-state index contributed by atoms with van der Waals surface area (Å²) in [6.07, 6.45) is 3.16. The largest absolute Gasteiger partial charge is 0.339 e. The van der Waals surface area contributed by atoms with E-state index in [1.54, 1.807) is 4.68 Å². The van der Waals surface area contributed by atoms with Gasteiger partial charge in [0.15, 0.2) is 5.82 Å². The third-order valence-electron chi connectivity index (χ3n) is 5.15. The van der Waals surface area contributed by atoms with E-state index in [2.05, 4.69) is 31.0 Å². The van der Waals surface area contributed by atoms with Crippen LogP contribution in [0.4, 0.5) is 10.5 Å². The van der Waals surface area contributed by atoms with E-state index in [9.17, 15) is 4.79 Å². The summed E-state index contributed by atoms with van der Waals surface area (Å²) in [7, 11) is 0. The van der Waals surface area contributed by atoms with Crippen molar-refractivity contribution in [3.8, 4) is 5.69 Å². The fraction of sp³-hybridized carbons (Fsp3) is 0.474. The molecule has 0 bridgehead atoms. The second-order valence-corrected chi connectivity index (χ2v) is 7.59. The number of benzene rings is 1. The van der Waals surface area contributed by atoms with Crippen LogP contribution in [0, 0.1) is 6.92 Å². The van der Waals surface area contributed by atoms with Gasteiger partial charge < -0.3 is 14.7 Å². The highest BCUT2D eigenvalue weighted by atomic mass is 16.5. The topological polar surface area (TPSA) is 115 Å². The van der Waals surface area contributed by atoms with E-state index in [0.29, 0.717) is 24.7 Å². The minimum Gasteiger partial charge on any atom is -0.339 e. The molecule has 1 aromatic carbocycles. The lowest BCUT2D eigenvalue weighted by Crippen LogP contribution is -2.40.